The first-order valence-electron chi connectivity index (χ1n) is 8.57. The minimum Gasteiger partial charge on any atom is -0.478 e. The Morgan fingerprint density at radius 2 is 1.67 bits per heavy atom. The van der Waals surface area contributed by atoms with E-state index in [1.165, 1.54) is 6.08 Å². The van der Waals surface area contributed by atoms with Crippen LogP contribution in [0.15, 0.2) is 30.3 Å². The first-order chi connectivity index (χ1) is 11.3. The maximum absolute atomic E-state index is 12.4. The van der Waals surface area contributed by atoms with Crippen molar-refractivity contribution in [2.75, 3.05) is 5.32 Å². The van der Waals surface area contributed by atoms with E-state index < -0.39 is 5.97 Å². The maximum Gasteiger partial charge on any atom is 0.328 e. The summed E-state index contributed by atoms with van der Waals surface area (Å²) in [6.07, 6.45) is 6.75. The molecule has 0 saturated heterocycles. The Morgan fingerprint density at radius 1 is 1.08 bits per heavy atom. The van der Waals surface area contributed by atoms with Crippen molar-refractivity contribution in [2.45, 2.75) is 46.5 Å². The molecule has 0 radical (unpaired) electrons. The van der Waals surface area contributed by atoms with Crippen LogP contribution in [0.4, 0.5) is 5.69 Å². The van der Waals surface area contributed by atoms with Gasteiger partial charge >= 0.3 is 5.97 Å². The van der Waals surface area contributed by atoms with E-state index in [0.29, 0.717) is 11.3 Å². The van der Waals surface area contributed by atoms with Gasteiger partial charge in [-0.25, -0.2) is 4.79 Å². The Hall–Kier alpha value is -2.10. The monoisotopic (exact) mass is 329 g/mol. The van der Waals surface area contributed by atoms with Gasteiger partial charge in [0.2, 0.25) is 5.91 Å². The van der Waals surface area contributed by atoms with Gasteiger partial charge in [-0.05, 0) is 60.8 Å². The highest BCUT2D eigenvalue weighted by atomic mass is 16.4. The summed E-state index contributed by atoms with van der Waals surface area (Å²) < 4.78 is 0. The van der Waals surface area contributed by atoms with Crippen molar-refractivity contribution in [1.82, 2.24) is 0 Å². The fourth-order valence-electron chi connectivity index (χ4n) is 3.31. The van der Waals surface area contributed by atoms with E-state index in [1.807, 2.05) is 0 Å². The summed E-state index contributed by atoms with van der Waals surface area (Å²) in [6, 6.07) is 7.21. The molecule has 0 aliphatic heterocycles. The average molecular weight is 329 g/mol. The smallest absolute Gasteiger partial charge is 0.328 e. The van der Waals surface area contributed by atoms with Gasteiger partial charge < -0.3 is 10.4 Å². The van der Waals surface area contributed by atoms with Gasteiger partial charge in [0.1, 0.15) is 0 Å². The number of hydrogen-bond donors (Lipinski definition) is 2. The van der Waals surface area contributed by atoms with Crippen molar-refractivity contribution in [1.29, 1.82) is 0 Å². The Kier molecular flexibility index (Phi) is 5.81. The molecule has 0 atom stereocenters. The van der Waals surface area contributed by atoms with Crippen molar-refractivity contribution in [3.8, 4) is 0 Å². The summed E-state index contributed by atoms with van der Waals surface area (Å²) in [4.78, 5) is 22.9. The molecule has 1 aliphatic carbocycles. The standard InChI is InChI=1S/C20H27NO3/c1-20(2,3)16-9-7-15(8-10-16)19(24)21-17-11-4-14(5-12-17)6-13-18(22)23/h4-6,11-13,15-16H,7-10H2,1-3H3,(H,21,24)(H,22,23)/b13-6+. The lowest BCUT2D eigenvalue weighted by Crippen LogP contribution is -2.31. The number of carboxylic acid groups (broad SMARTS) is 1. The minimum absolute atomic E-state index is 0.0928. The van der Waals surface area contributed by atoms with E-state index in [4.69, 9.17) is 5.11 Å². The van der Waals surface area contributed by atoms with Gasteiger partial charge in [0.15, 0.2) is 0 Å². The molecule has 4 heteroatoms. The molecule has 0 spiro atoms. The van der Waals surface area contributed by atoms with Gasteiger partial charge in [0.25, 0.3) is 0 Å². The molecule has 0 heterocycles. The number of carbonyl (C=O) groups is 2. The molecule has 1 saturated carbocycles. The van der Waals surface area contributed by atoms with Crippen LogP contribution < -0.4 is 5.32 Å². The molecule has 0 bridgehead atoms. The first kappa shape index (κ1) is 18.2. The summed E-state index contributed by atoms with van der Waals surface area (Å²) in [5.41, 5.74) is 1.87. The molecule has 1 aromatic carbocycles. The quantitative estimate of drug-likeness (QED) is 0.795. The van der Waals surface area contributed by atoms with Crippen molar-refractivity contribution in [3.05, 3.63) is 35.9 Å². The van der Waals surface area contributed by atoms with Gasteiger partial charge in [-0.15, -0.1) is 0 Å². The second-order valence-corrected chi connectivity index (χ2v) is 7.70. The number of anilines is 1. The zero-order valence-corrected chi connectivity index (χ0v) is 14.7. The van der Waals surface area contributed by atoms with Gasteiger partial charge in [0, 0.05) is 17.7 Å². The second kappa shape index (κ2) is 7.65. The number of hydrogen-bond acceptors (Lipinski definition) is 2. The third-order valence-corrected chi connectivity index (χ3v) is 4.92. The molecule has 2 N–H and O–H groups in total. The molecule has 1 fully saturated rings. The average Bonchev–Trinajstić information content (AvgIpc) is 2.53. The third kappa shape index (κ3) is 5.22. The molecular weight excluding hydrogens is 302 g/mol. The predicted molar refractivity (Wildman–Crippen MR) is 96.6 cm³/mol. The lowest BCUT2D eigenvalue weighted by Gasteiger charge is -2.36. The fourth-order valence-corrected chi connectivity index (χ4v) is 3.31. The molecule has 130 valence electrons. The molecule has 2 rings (SSSR count). The van der Waals surface area contributed by atoms with Crippen LogP contribution >= 0.6 is 0 Å². The molecule has 1 amide bonds. The van der Waals surface area contributed by atoms with E-state index in [9.17, 15) is 9.59 Å². The van der Waals surface area contributed by atoms with Crippen LogP contribution in [-0.4, -0.2) is 17.0 Å². The molecule has 0 aromatic heterocycles. The fraction of sp³-hybridized carbons (Fsp3) is 0.500. The summed E-state index contributed by atoms with van der Waals surface area (Å²) in [5.74, 6) is -0.0912. The largest absolute Gasteiger partial charge is 0.478 e. The highest BCUT2D eigenvalue weighted by Crippen LogP contribution is 2.40. The third-order valence-electron chi connectivity index (χ3n) is 4.92. The molecule has 0 unspecified atom stereocenters. The molecular formula is C20H27NO3. The van der Waals surface area contributed by atoms with E-state index in [1.54, 1.807) is 24.3 Å². The summed E-state index contributed by atoms with van der Waals surface area (Å²) >= 11 is 0. The number of carboxylic acids is 1. The molecule has 1 aromatic rings. The highest BCUT2D eigenvalue weighted by molar-refractivity contribution is 5.92. The number of carbonyl (C=O) groups excluding carboxylic acids is 1. The van der Waals surface area contributed by atoms with E-state index in [0.717, 1.165) is 43.0 Å². The Bertz CT molecular complexity index is 603. The van der Waals surface area contributed by atoms with Crippen molar-refractivity contribution in [3.63, 3.8) is 0 Å². The predicted octanol–water partition coefficient (Wildman–Crippen LogP) is 4.58. The molecule has 4 nitrogen and oxygen atoms in total. The highest BCUT2D eigenvalue weighted by Gasteiger charge is 2.32. The number of nitrogens with one attached hydrogen (secondary N) is 1. The molecule has 24 heavy (non-hydrogen) atoms. The van der Waals surface area contributed by atoms with Crippen LogP contribution in [0.2, 0.25) is 0 Å². The second-order valence-electron chi connectivity index (χ2n) is 7.70. The van der Waals surface area contributed by atoms with Gasteiger partial charge in [-0.2, -0.15) is 0 Å². The minimum atomic E-state index is -0.974. The normalized spacial score (nSPS) is 21.6. The number of aliphatic carboxylic acids is 1. The van der Waals surface area contributed by atoms with Crippen LogP contribution in [0.25, 0.3) is 6.08 Å². The SMILES string of the molecule is CC(C)(C)C1CCC(C(=O)Nc2ccc(/C=C/C(=O)O)cc2)CC1. The van der Waals surface area contributed by atoms with Crippen LogP contribution in [0.5, 0.6) is 0 Å². The lowest BCUT2D eigenvalue weighted by molar-refractivity contribution is -0.131. The van der Waals surface area contributed by atoms with Crippen LogP contribution in [0.1, 0.15) is 52.0 Å². The Labute approximate surface area is 144 Å². The number of rotatable bonds is 4. The van der Waals surface area contributed by atoms with Gasteiger partial charge in [0.05, 0.1) is 0 Å². The van der Waals surface area contributed by atoms with Gasteiger partial charge in [-0.3, -0.25) is 4.79 Å². The summed E-state index contributed by atoms with van der Waals surface area (Å²) in [5, 5.41) is 11.6. The van der Waals surface area contributed by atoms with Gasteiger partial charge in [-0.1, -0.05) is 32.9 Å². The lowest BCUT2D eigenvalue weighted by atomic mass is 9.69. The summed E-state index contributed by atoms with van der Waals surface area (Å²) in [7, 11) is 0. The first-order valence-corrected chi connectivity index (χ1v) is 8.57. The van der Waals surface area contributed by atoms with E-state index in [2.05, 4.69) is 26.1 Å². The van der Waals surface area contributed by atoms with Crippen molar-refractivity contribution in [2.24, 2.45) is 17.3 Å². The van der Waals surface area contributed by atoms with Crippen LogP contribution in [0.3, 0.4) is 0 Å². The van der Waals surface area contributed by atoms with Crippen molar-refractivity contribution >= 4 is 23.6 Å². The molecule has 1 aliphatic rings. The Balaban J connectivity index is 1.88. The van der Waals surface area contributed by atoms with E-state index in [-0.39, 0.29) is 11.8 Å². The number of amides is 1. The maximum atomic E-state index is 12.4. The zero-order chi connectivity index (χ0) is 17.7. The zero-order valence-electron chi connectivity index (χ0n) is 14.7. The number of benzene rings is 1. The van der Waals surface area contributed by atoms with Crippen LogP contribution in [0, 0.1) is 17.3 Å². The summed E-state index contributed by atoms with van der Waals surface area (Å²) in [6.45, 7) is 6.83. The Morgan fingerprint density at radius 3 is 2.17 bits per heavy atom. The topological polar surface area (TPSA) is 66.4 Å². The van der Waals surface area contributed by atoms with E-state index >= 15 is 0 Å². The van der Waals surface area contributed by atoms with Crippen LogP contribution in [-0.2, 0) is 9.59 Å². The van der Waals surface area contributed by atoms with Crippen molar-refractivity contribution < 1.29 is 14.7 Å².